The Labute approximate surface area is 193 Å². The van der Waals surface area contributed by atoms with Crippen LogP contribution in [0.4, 0.5) is 0 Å². The van der Waals surface area contributed by atoms with Gasteiger partial charge in [0.15, 0.2) is 0 Å². The van der Waals surface area contributed by atoms with Gasteiger partial charge in [-0.05, 0) is 73.5 Å². The molecule has 0 unspecified atom stereocenters. The number of hydrogen-bond acceptors (Lipinski definition) is 5. The molecule has 6 heteroatoms. The molecule has 0 saturated heterocycles. The summed E-state index contributed by atoms with van der Waals surface area (Å²) in [6.45, 7) is 4.67. The van der Waals surface area contributed by atoms with Gasteiger partial charge in [-0.15, -0.1) is 11.3 Å². The molecule has 0 aliphatic heterocycles. The first-order chi connectivity index (χ1) is 15.3. The van der Waals surface area contributed by atoms with Crippen molar-refractivity contribution in [3.05, 3.63) is 41.3 Å². The number of esters is 1. The predicted molar refractivity (Wildman–Crippen MR) is 128 cm³/mol. The summed E-state index contributed by atoms with van der Waals surface area (Å²) in [5, 5.41) is 16.0. The lowest BCUT2D eigenvalue weighted by Gasteiger charge is -2.62. The molecule has 5 rings (SSSR count). The summed E-state index contributed by atoms with van der Waals surface area (Å²) in [5.41, 5.74) is 0.908. The SMILES string of the molecule is COC(=O)CCCC=CC[C@H]1C[C@H]2C[C@@H]([C@@H]1NC(=O)c1csc3ccc(O)cc13)C2(C)C. The van der Waals surface area contributed by atoms with Crippen LogP contribution in [0.25, 0.3) is 10.1 Å². The number of phenols is 1. The third kappa shape index (κ3) is 4.42. The van der Waals surface area contributed by atoms with Gasteiger partial charge in [0.1, 0.15) is 5.75 Å². The van der Waals surface area contributed by atoms with Crippen molar-refractivity contribution in [1.29, 1.82) is 0 Å². The maximum atomic E-state index is 13.3. The molecule has 32 heavy (non-hydrogen) atoms. The van der Waals surface area contributed by atoms with Crippen molar-refractivity contribution >= 4 is 33.3 Å². The summed E-state index contributed by atoms with van der Waals surface area (Å²) >= 11 is 1.53. The number of methoxy groups -OCH3 is 1. The maximum Gasteiger partial charge on any atom is 0.305 e. The highest BCUT2D eigenvalue weighted by molar-refractivity contribution is 7.17. The van der Waals surface area contributed by atoms with E-state index in [-0.39, 0.29) is 29.1 Å². The molecule has 3 aliphatic carbocycles. The Morgan fingerprint density at radius 2 is 2.09 bits per heavy atom. The van der Waals surface area contributed by atoms with Crippen molar-refractivity contribution in [3.8, 4) is 5.75 Å². The van der Waals surface area contributed by atoms with E-state index in [4.69, 9.17) is 0 Å². The molecular formula is C26H33NO4S. The van der Waals surface area contributed by atoms with E-state index in [0.29, 0.717) is 23.8 Å². The number of amides is 1. The molecule has 2 aromatic rings. The van der Waals surface area contributed by atoms with Crippen molar-refractivity contribution in [1.82, 2.24) is 5.32 Å². The van der Waals surface area contributed by atoms with E-state index in [1.165, 1.54) is 24.9 Å². The molecule has 3 saturated carbocycles. The zero-order valence-electron chi connectivity index (χ0n) is 19.1. The number of rotatable bonds is 8. The van der Waals surface area contributed by atoms with Gasteiger partial charge in [-0.25, -0.2) is 0 Å². The van der Waals surface area contributed by atoms with Crippen LogP contribution in [0.2, 0.25) is 0 Å². The van der Waals surface area contributed by atoms with Crippen molar-refractivity contribution < 1.29 is 19.4 Å². The van der Waals surface area contributed by atoms with Gasteiger partial charge in [-0.2, -0.15) is 0 Å². The fraction of sp³-hybridized carbons (Fsp3) is 0.538. The second-order valence-corrected chi connectivity index (χ2v) is 10.8. The van der Waals surface area contributed by atoms with E-state index in [9.17, 15) is 14.7 Å². The fourth-order valence-electron chi connectivity index (χ4n) is 5.64. The zero-order chi connectivity index (χ0) is 22.9. The highest BCUT2D eigenvalue weighted by Gasteiger charge is 2.57. The average Bonchev–Trinajstić information content (AvgIpc) is 3.19. The summed E-state index contributed by atoms with van der Waals surface area (Å²) in [5.74, 6) is 1.61. The molecular weight excluding hydrogens is 422 g/mol. The van der Waals surface area contributed by atoms with Gasteiger partial charge in [0.25, 0.3) is 5.91 Å². The molecule has 1 aromatic heterocycles. The van der Waals surface area contributed by atoms with Crippen LogP contribution >= 0.6 is 11.3 Å². The number of allylic oxidation sites excluding steroid dienone is 2. The number of phenolic OH excluding ortho intramolecular Hbond substituents is 1. The van der Waals surface area contributed by atoms with Crippen LogP contribution in [-0.4, -0.2) is 30.1 Å². The van der Waals surface area contributed by atoms with Gasteiger partial charge in [0.05, 0.1) is 12.7 Å². The van der Waals surface area contributed by atoms with E-state index in [0.717, 1.165) is 41.7 Å². The first-order valence-electron chi connectivity index (χ1n) is 11.5. The minimum absolute atomic E-state index is 0.0416. The highest BCUT2D eigenvalue weighted by Crippen LogP contribution is 2.61. The number of carbonyl (C=O) groups is 2. The Balaban J connectivity index is 1.43. The average molecular weight is 456 g/mol. The first-order valence-corrected chi connectivity index (χ1v) is 12.4. The van der Waals surface area contributed by atoms with Gasteiger partial charge < -0.3 is 15.2 Å². The largest absolute Gasteiger partial charge is 0.508 e. The summed E-state index contributed by atoms with van der Waals surface area (Å²) in [6.07, 6.45) is 9.74. The Morgan fingerprint density at radius 1 is 1.28 bits per heavy atom. The topological polar surface area (TPSA) is 75.6 Å². The zero-order valence-corrected chi connectivity index (χ0v) is 19.9. The van der Waals surface area contributed by atoms with Crippen LogP contribution in [0.15, 0.2) is 35.7 Å². The van der Waals surface area contributed by atoms with Crippen molar-refractivity contribution in [2.45, 2.75) is 58.4 Å². The summed E-state index contributed by atoms with van der Waals surface area (Å²) in [6, 6.07) is 5.35. The maximum absolute atomic E-state index is 13.3. The van der Waals surface area contributed by atoms with E-state index < -0.39 is 0 Å². The van der Waals surface area contributed by atoms with Crippen molar-refractivity contribution in [2.75, 3.05) is 7.11 Å². The molecule has 172 valence electrons. The Hall–Kier alpha value is -2.34. The Morgan fingerprint density at radius 3 is 2.84 bits per heavy atom. The molecule has 0 radical (unpaired) electrons. The van der Waals surface area contributed by atoms with E-state index in [1.807, 2.05) is 11.4 Å². The van der Waals surface area contributed by atoms with Gasteiger partial charge in [-0.3, -0.25) is 9.59 Å². The number of carbonyl (C=O) groups excluding carboxylic acids is 2. The van der Waals surface area contributed by atoms with E-state index >= 15 is 0 Å². The number of aromatic hydroxyl groups is 1. The van der Waals surface area contributed by atoms with E-state index in [1.54, 1.807) is 12.1 Å². The quantitative estimate of drug-likeness (QED) is 0.305. The number of hydrogen-bond donors (Lipinski definition) is 2. The normalized spacial score (nSPS) is 26.1. The molecule has 3 fully saturated rings. The minimum Gasteiger partial charge on any atom is -0.508 e. The summed E-state index contributed by atoms with van der Waals surface area (Å²) in [7, 11) is 1.42. The smallest absolute Gasteiger partial charge is 0.305 e. The second-order valence-electron chi connectivity index (χ2n) is 9.86. The third-order valence-corrected chi connectivity index (χ3v) is 8.72. The minimum atomic E-state index is -0.162. The lowest BCUT2D eigenvalue weighted by molar-refractivity contribution is -0.140. The lowest BCUT2D eigenvalue weighted by Crippen LogP contribution is -2.63. The first kappa shape index (κ1) is 22.8. The molecule has 3 aliphatic rings. The highest BCUT2D eigenvalue weighted by atomic mass is 32.1. The van der Waals surface area contributed by atoms with Gasteiger partial charge in [-0.1, -0.05) is 26.0 Å². The van der Waals surface area contributed by atoms with Gasteiger partial charge in [0.2, 0.25) is 0 Å². The standard InChI is InChI=1S/C26H33NO4S/c1-26(2)17-12-16(8-6-4-5-7-9-23(29)31-3)24(21(26)13-17)27-25(30)20-15-32-22-11-10-18(28)14-19(20)22/h4,6,10-11,14-17,21,24,28H,5,7-9,12-13H2,1-3H3,(H,27,30)/t16-,17-,21-,24+/m0/s1. The number of nitrogens with one attached hydrogen (secondary N) is 1. The Kier molecular flexibility index (Phi) is 6.61. The fourth-order valence-corrected chi connectivity index (χ4v) is 6.57. The molecule has 2 bridgehead atoms. The third-order valence-electron chi connectivity index (χ3n) is 7.76. The van der Waals surface area contributed by atoms with Crippen molar-refractivity contribution in [3.63, 3.8) is 0 Å². The number of fused-ring (bicyclic) bond motifs is 3. The molecule has 5 nitrogen and oxygen atoms in total. The molecule has 1 aromatic carbocycles. The van der Waals surface area contributed by atoms with Crippen LogP contribution in [0.3, 0.4) is 0 Å². The number of thiophene rings is 1. The molecule has 0 spiro atoms. The summed E-state index contributed by atoms with van der Waals surface area (Å²) < 4.78 is 5.69. The summed E-state index contributed by atoms with van der Waals surface area (Å²) in [4.78, 5) is 24.5. The van der Waals surface area contributed by atoms with Gasteiger partial charge in [0, 0.05) is 27.9 Å². The molecule has 2 N–H and O–H groups in total. The van der Waals surface area contributed by atoms with Crippen LogP contribution in [-0.2, 0) is 9.53 Å². The predicted octanol–water partition coefficient (Wildman–Crippen LogP) is 5.68. The second kappa shape index (κ2) is 9.26. The number of benzene rings is 1. The molecule has 1 amide bonds. The van der Waals surface area contributed by atoms with Gasteiger partial charge >= 0.3 is 5.97 Å². The molecule has 1 heterocycles. The lowest BCUT2D eigenvalue weighted by atomic mass is 9.44. The van der Waals surface area contributed by atoms with Crippen LogP contribution < -0.4 is 5.32 Å². The Bertz CT molecular complexity index is 1020. The van der Waals surface area contributed by atoms with Crippen LogP contribution in [0.1, 0.15) is 62.7 Å². The molecule has 4 atom stereocenters. The van der Waals surface area contributed by atoms with Crippen LogP contribution in [0, 0.1) is 23.2 Å². The number of unbranched alkanes of at least 4 members (excludes halogenated alkanes) is 1. The van der Waals surface area contributed by atoms with E-state index in [2.05, 4.69) is 36.1 Å². The monoisotopic (exact) mass is 455 g/mol. The number of ether oxygens (including phenoxy) is 1. The van der Waals surface area contributed by atoms with Crippen LogP contribution in [0.5, 0.6) is 5.75 Å². The van der Waals surface area contributed by atoms with Crippen molar-refractivity contribution in [2.24, 2.45) is 23.2 Å².